The van der Waals surface area contributed by atoms with Gasteiger partial charge in [-0.15, -0.1) is 12.4 Å². The Morgan fingerprint density at radius 3 is 2.88 bits per heavy atom. The molecule has 0 atom stereocenters. The average molecular weight is 248 g/mol. The van der Waals surface area contributed by atoms with Gasteiger partial charge < -0.3 is 15.7 Å². The Bertz CT molecular complexity index is 397. The number of amidine groups is 1. The fraction of sp³-hybridized carbons (Fsp3) is 0.125. The number of non-ortho nitro benzene ring substituents is 1. The third-order valence-corrected chi connectivity index (χ3v) is 1.54. The van der Waals surface area contributed by atoms with Crippen LogP contribution in [0, 0.1) is 10.1 Å². The Hall–Kier alpha value is -2.02. The van der Waals surface area contributed by atoms with Crippen molar-refractivity contribution in [3.63, 3.8) is 0 Å². The van der Waals surface area contributed by atoms with Crippen LogP contribution in [0.1, 0.15) is 0 Å². The van der Waals surface area contributed by atoms with Gasteiger partial charge >= 0.3 is 0 Å². The molecule has 7 nitrogen and oxygen atoms in total. The maximum absolute atomic E-state index is 10.4. The van der Waals surface area contributed by atoms with Gasteiger partial charge in [0.2, 0.25) is 0 Å². The van der Waals surface area contributed by atoms with Gasteiger partial charge in [0.25, 0.3) is 5.69 Å². The number of halogens is 1. The molecule has 0 aliphatic heterocycles. The molecule has 0 saturated carbocycles. The van der Waals surface area contributed by atoms with Crippen molar-refractivity contribution in [1.82, 2.24) is 0 Å². The van der Waals surface area contributed by atoms with Gasteiger partial charge in [-0.1, -0.05) is 11.2 Å². The number of ether oxygens (including phenoxy) is 1. The van der Waals surface area contributed by atoms with Crippen molar-refractivity contribution in [3.05, 3.63) is 34.4 Å². The highest BCUT2D eigenvalue weighted by atomic mass is 35.5. The van der Waals surface area contributed by atoms with Gasteiger partial charge in [0.05, 0.1) is 11.0 Å². The van der Waals surface area contributed by atoms with E-state index < -0.39 is 4.92 Å². The molecule has 0 heterocycles. The molecule has 8 heteroatoms. The summed E-state index contributed by atoms with van der Waals surface area (Å²) in [5.74, 6) is 0.178. The topological polar surface area (TPSA) is 111 Å². The number of nitro benzene ring substituents is 1. The average Bonchev–Trinajstić information content (AvgIpc) is 2.26. The molecule has 1 aromatic rings. The molecule has 0 radical (unpaired) electrons. The first-order valence-corrected chi connectivity index (χ1v) is 3.97. The second-order valence-corrected chi connectivity index (χ2v) is 2.63. The molecule has 0 aliphatic carbocycles. The number of hydrogen-bond donors (Lipinski definition) is 2. The summed E-state index contributed by atoms with van der Waals surface area (Å²) in [4.78, 5) is 9.88. The van der Waals surface area contributed by atoms with Gasteiger partial charge in [0.1, 0.15) is 12.4 Å². The van der Waals surface area contributed by atoms with Crippen LogP contribution in [0.25, 0.3) is 0 Å². The molecule has 0 amide bonds. The third kappa shape index (κ3) is 4.01. The van der Waals surface area contributed by atoms with E-state index >= 15 is 0 Å². The van der Waals surface area contributed by atoms with Crippen molar-refractivity contribution in [2.75, 3.05) is 6.61 Å². The van der Waals surface area contributed by atoms with Crippen LogP contribution in [0.2, 0.25) is 0 Å². The zero-order chi connectivity index (χ0) is 11.3. The maximum Gasteiger partial charge on any atom is 0.273 e. The van der Waals surface area contributed by atoms with Crippen LogP contribution in [0.5, 0.6) is 5.75 Å². The van der Waals surface area contributed by atoms with Crippen LogP contribution in [0.3, 0.4) is 0 Å². The SMILES string of the molecule is Cl.N/C(COc1cccc([N+](=O)[O-])c1)=N\O. The van der Waals surface area contributed by atoms with Crippen molar-refractivity contribution in [2.24, 2.45) is 10.9 Å². The van der Waals surface area contributed by atoms with Gasteiger partial charge in [0.15, 0.2) is 5.84 Å². The third-order valence-electron chi connectivity index (χ3n) is 1.54. The minimum Gasteiger partial charge on any atom is -0.485 e. The molecule has 3 N–H and O–H groups in total. The van der Waals surface area contributed by atoms with Crippen molar-refractivity contribution >= 4 is 23.9 Å². The molecule has 0 fully saturated rings. The van der Waals surface area contributed by atoms with Crippen molar-refractivity contribution in [2.45, 2.75) is 0 Å². The lowest BCUT2D eigenvalue weighted by atomic mass is 10.3. The molecule has 0 bridgehead atoms. The predicted molar refractivity (Wildman–Crippen MR) is 59.2 cm³/mol. The van der Waals surface area contributed by atoms with Gasteiger partial charge in [-0.3, -0.25) is 10.1 Å². The summed E-state index contributed by atoms with van der Waals surface area (Å²) in [5.41, 5.74) is 5.08. The minimum absolute atomic E-state index is 0. The molecule has 1 rings (SSSR count). The summed E-state index contributed by atoms with van der Waals surface area (Å²) in [5, 5.41) is 21.3. The Balaban J connectivity index is 0.00000225. The Morgan fingerprint density at radius 1 is 1.62 bits per heavy atom. The van der Waals surface area contributed by atoms with E-state index in [0.717, 1.165) is 0 Å². The highest BCUT2D eigenvalue weighted by molar-refractivity contribution is 5.85. The summed E-state index contributed by atoms with van der Waals surface area (Å²) >= 11 is 0. The fourth-order valence-electron chi connectivity index (χ4n) is 0.873. The van der Waals surface area contributed by atoms with E-state index in [4.69, 9.17) is 15.7 Å². The lowest BCUT2D eigenvalue weighted by Crippen LogP contribution is -2.20. The largest absolute Gasteiger partial charge is 0.485 e. The van der Waals surface area contributed by atoms with E-state index in [9.17, 15) is 10.1 Å². The molecular weight excluding hydrogens is 238 g/mol. The first kappa shape index (κ1) is 14.0. The Labute approximate surface area is 97.1 Å². The molecule has 0 spiro atoms. The number of nitrogens with zero attached hydrogens (tertiary/aromatic N) is 2. The summed E-state index contributed by atoms with van der Waals surface area (Å²) in [6.07, 6.45) is 0. The second kappa shape index (κ2) is 6.46. The number of hydrogen-bond acceptors (Lipinski definition) is 5. The van der Waals surface area contributed by atoms with Crippen LogP contribution in [-0.4, -0.2) is 22.6 Å². The number of rotatable bonds is 4. The van der Waals surface area contributed by atoms with Gasteiger partial charge in [-0.25, -0.2) is 0 Å². The smallest absolute Gasteiger partial charge is 0.273 e. The zero-order valence-electron chi connectivity index (χ0n) is 8.07. The van der Waals surface area contributed by atoms with Crippen molar-refractivity contribution in [1.29, 1.82) is 0 Å². The van der Waals surface area contributed by atoms with Gasteiger partial charge in [-0.05, 0) is 6.07 Å². The molecule has 88 valence electrons. The molecule has 0 unspecified atom stereocenters. The lowest BCUT2D eigenvalue weighted by molar-refractivity contribution is -0.384. The van der Waals surface area contributed by atoms with Crippen LogP contribution in [0.4, 0.5) is 5.69 Å². The standard InChI is InChI=1S/C8H9N3O4.ClH/c9-8(10-12)5-15-7-3-1-2-6(4-7)11(13)14;/h1-4,12H,5H2,(H2,9,10);1H. The first-order valence-electron chi connectivity index (χ1n) is 3.97. The van der Waals surface area contributed by atoms with E-state index in [-0.39, 0.29) is 36.3 Å². The van der Waals surface area contributed by atoms with E-state index in [1.807, 2.05) is 0 Å². The maximum atomic E-state index is 10.4. The van der Waals surface area contributed by atoms with Crippen LogP contribution < -0.4 is 10.5 Å². The lowest BCUT2D eigenvalue weighted by Gasteiger charge is -2.03. The number of nitrogens with two attached hydrogens (primary N) is 1. The first-order chi connectivity index (χ1) is 7.13. The minimum atomic E-state index is -0.531. The Kier molecular flexibility index (Phi) is 5.65. The molecule has 16 heavy (non-hydrogen) atoms. The quantitative estimate of drug-likeness (QED) is 0.272. The normalized spacial score (nSPS) is 10.4. The Morgan fingerprint density at radius 2 is 2.31 bits per heavy atom. The molecule has 0 aromatic heterocycles. The highest BCUT2D eigenvalue weighted by Gasteiger charge is 2.06. The summed E-state index contributed by atoms with van der Waals surface area (Å²) in [7, 11) is 0. The predicted octanol–water partition coefficient (Wildman–Crippen LogP) is 1.14. The van der Waals surface area contributed by atoms with E-state index in [1.165, 1.54) is 24.3 Å². The van der Waals surface area contributed by atoms with Crippen molar-refractivity contribution < 1.29 is 14.9 Å². The van der Waals surface area contributed by atoms with E-state index in [1.54, 1.807) is 0 Å². The van der Waals surface area contributed by atoms with E-state index in [0.29, 0.717) is 0 Å². The number of nitro groups is 1. The van der Waals surface area contributed by atoms with Crippen molar-refractivity contribution in [3.8, 4) is 5.75 Å². The summed E-state index contributed by atoms with van der Waals surface area (Å²) < 4.78 is 5.03. The summed E-state index contributed by atoms with van der Waals surface area (Å²) in [6.45, 7) is -0.127. The second-order valence-electron chi connectivity index (χ2n) is 2.63. The zero-order valence-corrected chi connectivity index (χ0v) is 8.88. The van der Waals surface area contributed by atoms with Crippen LogP contribution in [-0.2, 0) is 0 Å². The van der Waals surface area contributed by atoms with Crippen LogP contribution in [0.15, 0.2) is 29.4 Å². The molecule has 1 aromatic carbocycles. The van der Waals surface area contributed by atoms with Gasteiger partial charge in [-0.2, -0.15) is 0 Å². The summed E-state index contributed by atoms with van der Waals surface area (Å²) in [6, 6.07) is 5.62. The van der Waals surface area contributed by atoms with Crippen LogP contribution >= 0.6 is 12.4 Å². The number of benzene rings is 1. The fourth-order valence-corrected chi connectivity index (χ4v) is 0.873. The molecule has 0 aliphatic rings. The molecule has 0 saturated heterocycles. The highest BCUT2D eigenvalue weighted by Crippen LogP contribution is 2.18. The monoisotopic (exact) mass is 247 g/mol. The van der Waals surface area contributed by atoms with E-state index in [2.05, 4.69) is 5.16 Å². The number of oxime groups is 1. The molecular formula is C8H10ClN3O4. The van der Waals surface area contributed by atoms with Gasteiger partial charge in [0, 0.05) is 6.07 Å².